The van der Waals surface area contributed by atoms with Gasteiger partial charge in [-0.15, -0.1) is 0 Å². The smallest absolute Gasteiger partial charge is 0.213 e. The van der Waals surface area contributed by atoms with Gasteiger partial charge in [-0.25, -0.2) is 4.98 Å². The van der Waals surface area contributed by atoms with E-state index in [-0.39, 0.29) is 0 Å². The van der Waals surface area contributed by atoms with E-state index in [0.717, 1.165) is 27.9 Å². The third-order valence-corrected chi connectivity index (χ3v) is 3.58. The van der Waals surface area contributed by atoms with Gasteiger partial charge in [0.25, 0.3) is 0 Å². The zero-order chi connectivity index (χ0) is 9.97. The number of nitrogens with zero attached hydrogens (tertiary/aromatic N) is 1. The van der Waals surface area contributed by atoms with Crippen molar-refractivity contribution in [3.8, 4) is 5.88 Å². The summed E-state index contributed by atoms with van der Waals surface area (Å²) >= 11 is 2.24. The van der Waals surface area contributed by atoms with Crippen molar-refractivity contribution in [1.82, 2.24) is 4.98 Å². The first kappa shape index (κ1) is 10.2. The second kappa shape index (κ2) is 4.47. The number of pyridine rings is 1. The quantitative estimate of drug-likeness (QED) is 0.801. The predicted octanol–water partition coefficient (Wildman–Crippen LogP) is 3.11. The van der Waals surface area contributed by atoms with Crippen molar-refractivity contribution in [1.29, 1.82) is 0 Å². The molecule has 0 unspecified atom stereocenters. The van der Waals surface area contributed by atoms with E-state index in [0.29, 0.717) is 0 Å². The molecule has 3 heteroatoms. The van der Waals surface area contributed by atoms with E-state index in [1.54, 1.807) is 0 Å². The van der Waals surface area contributed by atoms with Crippen molar-refractivity contribution in [3.05, 3.63) is 21.9 Å². The van der Waals surface area contributed by atoms with Gasteiger partial charge in [0.05, 0.1) is 6.61 Å². The van der Waals surface area contributed by atoms with Crippen LogP contribution in [0.4, 0.5) is 0 Å². The SMILES string of the molecule is C[C@H]1CC[C@H]1COc1ccc(I)cn1. The molecule has 1 aromatic heterocycles. The first-order chi connectivity index (χ1) is 6.75. The Hall–Kier alpha value is -0.320. The molecule has 1 aromatic rings. The molecule has 0 aromatic carbocycles. The Morgan fingerprint density at radius 1 is 1.50 bits per heavy atom. The summed E-state index contributed by atoms with van der Waals surface area (Å²) in [6.07, 6.45) is 4.50. The maximum absolute atomic E-state index is 5.62. The topological polar surface area (TPSA) is 22.1 Å². The molecule has 1 aliphatic carbocycles. The Kier molecular flexibility index (Phi) is 3.26. The van der Waals surface area contributed by atoms with Crippen molar-refractivity contribution in [2.45, 2.75) is 19.8 Å². The van der Waals surface area contributed by atoms with Crippen LogP contribution in [0.2, 0.25) is 0 Å². The lowest BCUT2D eigenvalue weighted by atomic mass is 9.75. The molecule has 2 nitrogen and oxygen atoms in total. The maximum atomic E-state index is 5.62. The van der Waals surface area contributed by atoms with Gasteiger partial charge in [0.15, 0.2) is 0 Å². The van der Waals surface area contributed by atoms with Crippen LogP contribution in [-0.4, -0.2) is 11.6 Å². The zero-order valence-electron chi connectivity index (χ0n) is 8.24. The second-order valence-electron chi connectivity index (χ2n) is 3.94. The third-order valence-electron chi connectivity index (χ3n) is 2.94. The average Bonchev–Trinajstić information content (AvgIpc) is 2.19. The van der Waals surface area contributed by atoms with Gasteiger partial charge in [-0.05, 0) is 53.3 Å². The van der Waals surface area contributed by atoms with Crippen molar-refractivity contribution in [2.75, 3.05) is 6.61 Å². The maximum Gasteiger partial charge on any atom is 0.213 e. The normalized spacial score (nSPS) is 25.6. The molecule has 1 heterocycles. The van der Waals surface area contributed by atoms with Crippen LogP contribution >= 0.6 is 22.6 Å². The van der Waals surface area contributed by atoms with Gasteiger partial charge in [0.2, 0.25) is 5.88 Å². The lowest BCUT2D eigenvalue weighted by Gasteiger charge is -2.33. The zero-order valence-corrected chi connectivity index (χ0v) is 10.4. The highest BCUT2D eigenvalue weighted by atomic mass is 127. The number of hydrogen-bond acceptors (Lipinski definition) is 2. The highest BCUT2D eigenvalue weighted by Crippen LogP contribution is 2.33. The minimum atomic E-state index is 0.746. The fourth-order valence-electron chi connectivity index (χ4n) is 1.62. The number of ether oxygens (including phenoxy) is 1. The summed E-state index contributed by atoms with van der Waals surface area (Å²) in [5, 5.41) is 0. The van der Waals surface area contributed by atoms with E-state index < -0.39 is 0 Å². The van der Waals surface area contributed by atoms with Gasteiger partial charge in [0, 0.05) is 15.8 Å². The lowest BCUT2D eigenvalue weighted by Crippen LogP contribution is -2.28. The monoisotopic (exact) mass is 303 g/mol. The van der Waals surface area contributed by atoms with Gasteiger partial charge in [-0.3, -0.25) is 0 Å². The Bertz CT molecular complexity index is 299. The molecule has 0 N–H and O–H groups in total. The molecule has 0 amide bonds. The molecule has 1 fully saturated rings. The molecule has 76 valence electrons. The van der Waals surface area contributed by atoms with Crippen LogP contribution in [0.15, 0.2) is 18.3 Å². The fourth-order valence-corrected chi connectivity index (χ4v) is 1.94. The van der Waals surface area contributed by atoms with Crippen LogP contribution in [-0.2, 0) is 0 Å². The van der Waals surface area contributed by atoms with Gasteiger partial charge < -0.3 is 4.74 Å². The molecule has 1 saturated carbocycles. The van der Waals surface area contributed by atoms with E-state index in [2.05, 4.69) is 34.5 Å². The van der Waals surface area contributed by atoms with Gasteiger partial charge in [-0.2, -0.15) is 0 Å². The molecule has 0 spiro atoms. The Balaban J connectivity index is 1.83. The van der Waals surface area contributed by atoms with Gasteiger partial charge in [0.1, 0.15) is 0 Å². The Labute approximate surface area is 98.2 Å². The highest BCUT2D eigenvalue weighted by Gasteiger charge is 2.27. The lowest BCUT2D eigenvalue weighted by molar-refractivity contribution is 0.113. The number of aromatic nitrogens is 1. The summed E-state index contributed by atoms with van der Waals surface area (Å²) in [4.78, 5) is 4.20. The highest BCUT2D eigenvalue weighted by molar-refractivity contribution is 14.1. The minimum absolute atomic E-state index is 0.746. The number of rotatable bonds is 3. The molecule has 0 bridgehead atoms. The molecule has 1 aliphatic rings. The van der Waals surface area contributed by atoms with Crippen LogP contribution in [0.25, 0.3) is 0 Å². The summed E-state index contributed by atoms with van der Waals surface area (Å²) in [7, 11) is 0. The molecule has 2 atom stereocenters. The Morgan fingerprint density at radius 2 is 2.36 bits per heavy atom. The Morgan fingerprint density at radius 3 is 2.86 bits per heavy atom. The van der Waals surface area contributed by atoms with Crippen molar-refractivity contribution >= 4 is 22.6 Å². The van der Waals surface area contributed by atoms with E-state index >= 15 is 0 Å². The first-order valence-electron chi connectivity index (χ1n) is 5.00. The summed E-state index contributed by atoms with van der Waals surface area (Å²) < 4.78 is 6.77. The van der Waals surface area contributed by atoms with Crippen molar-refractivity contribution in [3.63, 3.8) is 0 Å². The largest absolute Gasteiger partial charge is 0.477 e. The summed E-state index contributed by atoms with van der Waals surface area (Å²) in [5.74, 6) is 2.33. The third kappa shape index (κ3) is 2.38. The molecule has 0 aliphatic heterocycles. The van der Waals surface area contributed by atoms with E-state index in [9.17, 15) is 0 Å². The minimum Gasteiger partial charge on any atom is -0.477 e. The van der Waals surface area contributed by atoms with Crippen LogP contribution in [0.3, 0.4) is 0 Å². The van der Waals surface area contributed by atoms with E-state index in [4.69, 9.17) is 4.74 Å². The summed E-state index contributed by atoms with van der Waals surface area (Å²) in [5.41, 5.74) is 0. The van der Waals surface area contributed by atoms with Crippen molar-refractivity contribution < 1.29 is 4.74 Å². The van der Waals surface area contributed by atoms with E-state index in [1.165, 1.54) is 12.8 Å². The summed E-state index contributed by atoms with van der Waals surface area (Å²) in [6, 6.07) is 3.96. The average molecular weight is 303 g/mol. The van der Waals surface area contributed by atoms with Crippen LogP contribution in [0, 0.1) is 15.4 Å². The summed E-state index contributed by atoms with van der Waals surface area (Å²) in [6.45, 7) is 3.12. The molecular formula is C11H14INO. The van der Waals surface area contributed by atoms with Crippen LogP contribution < -0.4 is 4.74 Å². The standard InChI is InChI=1S/C11H14INO/c1-8-2-3-9(8)7-14-11-5-4-10(12)6-13-11/h4-6,8-9H,2-3,7H2,1H3/t8-,9-/m0/s1. The van der Waals surface area contributed by atoms with Crippen LogP contribution in [0.5, 0.6) is 5.88 Å². The molecule has 0 saturated heterocycles. The molecule has 2 rings (SSSR count). The first-order valence-corrected chi connectivity index (χ1v) is 6.08. The molecule has 14 heavy (non-hydrogen) atoms. The van der Waals surface area contributed by atoms with Gasteiger partial charge in [-0.1, -0.05) is 6.92 Å². The van der Waals surface area contributed by atoms with Crippen LogP contribution in [0.1, 0.15) is 19.8 Å². The van der Waals surface area contributed by atoms with E-state index in [1.807, 2.05) is 18.3 Å². The number of halogens is 1. The van der Waals surface area contributed by atoms with Gasteiger partial charge >= 0.3 is 0 Å². The number of hydrogen-bond donors (Lipinski definition) is 0. The van der Waals surface area contributed by atoms with Crippen molar-refractivity contribution in [2.24, 2.45) is 11.8 Å². The fraction of sp³-hybridized carbons (Fsp3) is 0.545. The predicted molar refractivity (Wildman–Crippen MR) is 64.3 cm³/mol. The molecular weight excluding hydrogens is 289 g/mol. The second-order valence-corrected chi connectivity index (χ2v) is 5.19. The molecule has 0 radical (unpaired) electrons.